The van der Waals surface area contributed by atoms with Crippen molar-refractivity contribution >= 4 is 55.6 Å². The van der Waals surface area contributed by atoms with Crippen molar-refractivity contribution in [3.05, 3.63) is 56.5 Å². The maximum Gasteiger partial charge on any atom is 0.271 e. The first-order valence-corrected chi connectivity index (χ1v) is 8.34. The summed E-state index contributed by atoms with van der Waals surface area (Å²) in [5.41, 5.74) is 3.99. The van der Waals surface area contributed by atoms with Crippen LogP contribution in [-0.4, -0.2) is 23.1 Å². The molecule has 0 bridgehead atoms. The summed E-state index contributed by atoms with van der Waals surface area (Å²) in [5.74, 6) is -0.532. The fourth-order valence-corrected chi connectivity index (χ4v) is 3.05. The van der Waals surface area contributed by atoms with Crippen molar-refractivity contribution in [2.45, 2.75) is 6.92 Å². The fourth-order valence-electron chi connectivity index (χ4n) is 1.83. The molecular weight excluding hydrogens is 442 g/mol. The van der Waals surface area contributed by atoms with Gasteiger partial charge in [-0.2, -0.15) is 5.10 Å². The zero-order valence-electron chi connectivity index (χ0n) is 12.5. The predicted octanol–water partition coefficient (Wildman–Crippen LogP) is 3.64. The molecule has 0 aliphatic carbocycles. The molecule has 0 unspecified atom stereocenters. The van der Waals surface area contributed by atoms with Gasteiger partial charge in [-0.05, 0) is 67.8 Å². The maximum absolute atomic E-state index is 12.1. The van der Waals surface area contributed by atoms with Gasteiger partial charge in [-0.1, -0.05) is 6.07 Å². The number of anilines is 1. The van der Waals surface area contributed by atoms with Gasteiger partial charge in [0.05, 0.1) is 15.2 Å². The van der Waals surface area contributed by atoms with Gasteiger partial charge >= 0.3 is 0 Å². The minimum absolute atomic E-state index is 0.0889. The van der Waals surface area contributed by atoms with E-state index in [0.29, 0.717) is 25.8 Å². The highest BCUT2D eigenvalue weighted by atomic mass is 79.9. The number of phenols is 1. The van der Waals surface area contributed by atoms with Crippen LogP contribution in [0.15, 0.2) is 50.4 Å². The van der Waals surface area contributed by atoms with E-state index in [1.54, 1.807) is 36.4 Å². The molecular formula is C16H13Br2N3O3. The number of hydrogen-bond acceptors (Lipinski definition) is 4. The lowest BCUT2D eigenvalue weighted by molar-refractivity contribution is -0.114. The van der Waals surface area contributed by atoms with E-state index in [0.717, 1.165) is 0 Å². The first-order valence-electron chi connectivity index (χ1n) is 6.76. The van der Waals surface area contributed by atoms with Gasteiger partial charge in [0.2, 0.25) is 5.91 Å². The Bertz CT molecular complexity index is 799. The number of halogens is 2. The lowest BCUT2D eigenvalue weighted by Crippen LogP contribution is -2.18. The van der Waals surface area contributed by atoms with Gasteiger partial charge in [0.1, 0.15) is 5.75 Å². The second-order valence-corrected chi connectivity index (χ2v) is 6.50. The quantitative estimate of drug-likeness (QED) is 0.486. The summed E-state index contributed by atoms with van der Waals surface area (Å²) in [4.78, 5) is 23.1. The Morgan fingerprint density at radius 1 is 1.17 bits per heavy atom. The number of rotatable bonds is 4. The van der Waals surface area contributed by atoms with Gasteiger partial charge in [-0.25, -0.2) is 5.43 Å². The maximum atomic E-state index is 12.1. The number of carbonyl (C=O) groups excluding carboxylic acids is 2. The Balaban J connectivity index is 2.06. The van der Waals surface area contributed by atoms with Crippen LogP contribution in [0.1, 0.15) is 22.8 Å². The molecule has 0 saturated heterocycles. The van der Waals surface area contributed by atoms with Gasteiger partial charge in [0.15, 0.2) is 0 Å². The van der Waals surface area contributed by atoms with E-state index in [2.05, 4.69) is 47.7 Å². The number of carbonyl (C=O) groups is 2. The highest BCUT2D eigenvalue weighted by molar-refractivity contribution is 9.11. The molecule has 2 aromatic carbocycles. The summed E-state index contributed by atoms with van der Waals surface area (Å²) in [5, 5.41) is 16.1. The average molecular weight is 455 g/mol. The van der Waals surface area contributed by atoms with Crippen LogP contribution in [-0.2, 0) is 4.79 Å². The first kappa shape index (κ1) is 18.2. The van der Waals surface area contributed by atoms with Crippen molar-refractivity contribution in [1.29, 1.82) is 0 Å². The third-order valence-corrected chi connectivity index (χ3v) is 4.07. The molecule has 0 atom stereocenters. The third-order valence-electron chi connectivity index (χ3n) is 2.86. The van der Waals surface area contributed by atoms with Crippen LogP contribution in [0.5, 0.6) is 5.75 Å². The summed E-state index contributed by atoms with van der Waals surface area (Å²) in [7, 11) is 0. The summed E-state index contributed by atoms with van der Waals surface area (Å²) in [6.45, 7) is 1.39. The van der Waals surface area contributed by atoms with Crippen molar-refractivity contribution in [2.75, 3.05) is 5.32 Å². The van der Waals surface area contributed by atoms with Crippen LogP contribution in [0, 0.1) is 0 Å². The van der Waals surface area contributed by atoms with E-state index in [4.69, 9.17) is 0 Å². The molecule has 0 radical (unpaired) electrons. The van der Waals surface area contributed by atoms with Gasteiger partial charge in [0, 0.05) is 18.2 Å². The molecule has 0 aliphatic rings. The van der Waals surface area contributed by atoms with Gasteiger partial charge in [0.25, 0.3) is 5.91 Å². The van der Waals surface area contributed by atoms with Crippen LogP contribution < -0.4 is 10.7 Å². The number of nitrogens with one attached hydrogen (secondary N) is 2. The van der Waals surface area contributed by atoms with E-state index in [-0.39, 0.29) is 11.7 Å². The van der Waals surface area contributed by atoms with Crippen LogP contribution >= 0.6 is 31.9 Å². The van der Waals surface area contributed by atoms with E-state index in [1.807, 2.05) is 0 Å². The van der Waals surface area contributed by atoms with Gasteiger partial charge in [-0.15, -0.1) is 0 Å². The molecule has 124 valence electrons. The standard InChI is InChI=1S/C16H13Br2N3O3/c1-9(22)20-12-4-2-3-11(7-12)16(24)21-19-8-10-5-13(17)15(23)14(18)6-10/h2-8,23H,1H3,(H,20,22)(H,21,24)/b19-8-. The number of hydrazone groups is 1. The number of hydrogen-bond donors (Lipinski definition) is 3. The van der Waals surface area contributed by atoms with Crippen LogP contribution in [0.25, 0.3) is 0 Å². The van der Waals surface area contributed by atoms with Crippen LogP contribution in [0.2, 0.25) is 0 Å². The smallest absolute Gasteiger partial charge is 0.271 e. The second kappa shape index (κ2) is 8.07. The topological polar surface area (TPSA) is 90.8 Å². The lowest BCUT2D eigenvalue weighted by Gasteiger charge is -2.05. The normalized spacial score (nSPS) is 10.6. The fraction of sp³-hybridized carbons (Fsp3) is 0.0625. The highest BCUT2D eigenvalue weighted by Gasteiger charge is 2.07. The zero-order chi connectivity index (χ0) is 17.7. The summed E-state index contributed by atoms with van der Waals surface area (Å²) in [6.07, 6.45) is 1.45. The van der Waals surface area contributed by atoms with Crippen molar-refractivity contribution in [1.82, 2.24) is 5.43 Å². The molecule has 0 aromatic heterocycles. The van der Waals surface area contributed by atoms with E-state index >= 15 is 0 Å². The number of nitrogens with zero attached hydrogens (tertiary/aromatic N) is 1. The van der Waals surface area contributed by atoms with Gasteiger partial charge in [-0.3, -0.25) is 9.59 Å². The first-order chi connectivity index (χ1) is 11.4. The largest absolute Gasteiger partial charge is 0.506 e. The Kier molecular flexibility index (Phi) is 6.10. The minimum atomic E-state index is -0.407. The Labute approximate surface area is 155 Å². The van der Waals surface area contributed by atoms with Crippen molar-refractivity contribution in [3.8, 4) is 5.75 Å². The Morgan fingerprint density at radius 3 is 2.46 bits per heavy atom. The summed E-state index contributed by atoms with van der Waals surface area (Å²) in [6, 6.07) is 9.84. The molecule has 6 nitrogen and oxygen atoms in total. The molecule has 3 N–H and O–H groups in total. The Hall–Kier alpha value is -2.19. The van der Waals surface area contributed by atoms with Crippen molar-refractivity contribution < 1.29 is 14.7 Å². The second-order valence-electron chi connectivity index (χ2n) is 4.79. The van der Waals surface area contributed by atoms with Crippen LogP contribution in [0.3, 0.4) is 0 Å². The number of benzene rings is 2. The zero-order valence-corrected chi connectivity index (χ0v) is 15.7. The van der Waals surface area contributed by atoms with Crippen molar-refractivity contribution in [2.24, 2.45) is 5.10 Å². The average Bonchev–Trinajstić information content (AvgIpc) is 2.52. The summed E-state index contributed by atoms with van der Waals surface area (Å²) >= 11 is 6.44. The molecule has 24 heavy (non-hydrogen) atoms. The number of amides is 2. The SMILES string of the molecule is CC(=O)Nc1cccc(C(=O)N/N=C\c2cc(Br)c(O)c(Br)c2)c1. The molecule has 2 amide bonds. The molecule has 0 heterocycles. The molecule has 0 spiro atoms. The molecule has 0 saturated carbocycles. The van der Waals surface area contributed by atoms with Crippen LogP contribution in [0.4, 0.5) is 5.69 Å². The Morgan fingerprint density at radius 2 is 1.83 bits per heavy atom. The minimum Gasteiger partial charge on any atom is -0.506 e. The number of phenolic OH excluding ortho intramolecular Hbond substituents is 1. The monoisotopic (exact) mass is 453 g/mol. The molecule has 2 rings (SSSR count). The summed E-state index contributed by atoms with van der Waals surface area (Å²) < 4.78 is 1.01. The molecule has 0 fully saturated rings. The van der Waals surface area contributed by atoms with Gasteiger partial charge < -0.3 is 10.4 Å². The van der Waals surface area contributed by atoms with E-state index < -0.39 is 5.91 Å². The van der Waals surface area contributed by atoms with E-state index in [1.165, 1.54) is 13.1 Å². The lowest BCUT2D eigenvalue weighted by atomic mass is 10.2. The number of aromatic hydroxyl groups is 1. The third kappa shape index (κ3) is 4.90. The molecule has 8 heteroatoms. The highest BCUT2D eigenvalue weighted by Crippen LogP contribution is 2.32. The van der Waals surface area contributed by atoms with Crippen molar-refractivity contribution in [3.63, 3.8) is 0 Å². The molecule has 0 aliphatic heterocycles. The molecule has 2 aromatic rings. The predicted molar refractivity (Wildman–Crippen MR) is 99.3 cm³/mol. The van der Waals surface area contributed by atoms with E-state index in [9.17, 15) is 14.7 Å².